The molecule has 1 heterocycles. The summed E-state index contributed by atoms with van der Waals surface area (Å²) >= 11 is 0. The molecule has 1 aliphatic heterocycles. The van der Waals surface area contributed by atoms with E-state index < -0.39 is 15.8 Å². The molecule has 24 heavy (non-hydrogen) atoms. The molecule has 0 aliphatic carbocycles. The molecule has 1 fully saturated rings. The number of hydrogen-bond acceptors (Lipinski definition) is 4. The van der Waals surface area contributed by atoms with Crippen LogP contribution in [0.2, 0.25) is 0 Å². The van der Waals surface area contributed by atoms with Gasteiger partial charge in [0.1, 0.15) is 5.82 Å². The van der Waals surface area contributed by atoms with E-state index in [4.69, 9.17) is 0 Å². The molecule has 0 spiro atoms. The highest BCUT2D eigenvalue weighted by Gasteiger charge is 2.22. The molecule has 8 heteroatoms. The van der Waals surface area contributed by atoms with Gasteiger partial charge in [-0.15, -0.1) is 0 Å². The number of amides is 1. The number of benzene rings is 1. The van der Waals surface area contributed by atoms with Gasteiger partial charge in [-0.05, 0) is 37.7 Å². The third kappa shape index (κ3) is 4.75. The highest BCUT2D eigenvalue weighted by Crippen LogP contribution is 2.15. The summed E-state index contributed by atoms with van der Waals surface area (Å²) in [6.45, 7) is 3.42. The molecule has 0 radical (unpaired) electrons. The van der Waals surface area contributed by atoms with Gasteiger partial charge in [-0.1, -0.05) is 0 Å². The second-order valence-corrected chi connectivity index (χ2v) is 8.11. The summed E-state index contributed by atoms with van der Waals surface area (Å²) in [5.41, 5.74) is 0. The molecule has 2 rings (SSSR count). The Labute approximate surface area is 142 Å². The fraction of sp³-hybridized carbons (Fsp3) is 0.562. The molecular weight excluding hydrogens is 333 g/mol. The van der Waals surface area contributed by atoms with E-state index in [1.165, 1.54) is 23.5 Å². The Bertz CT molecular complexity index is 656. The summed E-state index contributed by atoms with van der Waals surface area (Å²) in [4.78, 5) is 16.2. The largest absolute Gasteiger partial charge is 0.340 e. The van der Waals surface area contributed by atoms with Crippen molar-refractivity contribution in [1.82, 2.24) is 14.1 Å². The van der Waals surface area contributed by atoms with E-state index in [0.717, 1.165) is 38.3 Å². The molecule has 0 bridgehead atoms. The molecule has 6 nitrogen and oxygen atoms in total. The molecule has 1 amide bonds. The molecule has 0 saturated carbocycles. The number of likely N-dealkylation sites (N-methyl/N-ethyl adjacent to an activating group) is 1. The highest BCUT2D eigenvalue weighted by molar-refractivity contribution is 7.89. The number of nitrogens with zero attached hydrogens (tertiary/aromatic N) is 3. The fourth-order valence-electron chi connectivity index (χ4n) is 2.57. The number of hydrogen-bond donors (Lipinski definition) is 0. The minimum atomic E-state index is -3.65. The lowest BCUT2D eigenvalue weighted by Crippen LogP contribution is -2.47. The first-order chi connectivity index (χ1) is 11.3. The summed E-state index contributed by atoms with van der Waals surface area (Å²) in [5.74, 6) is -0.412. The quantitative estimate of drug-likeness (QED) is 0.762. The predicted molar refractivity (Wildman–Crippen MR) is 89.5 cm³/mol. The lowest BCUT2D eigenvalue weighted by atomic mass is 10.2. The minimum Gasteiger partial charge on any atom is -0.340 e. The number of carbonyl (C=O) groups excluding carboxylic acids is 1. The van der Waals surface area contributed by atoms with E-state index in [-0.39, 0.29) is 17.3 Å². The lowest BCUT2D eigenvalue weighted by molar-refractivity contribution is -0.132. The predicted octanol–water partition coefficient (Wildman–Crippen LogP) is 1.00. The summed E-state index contributed by atoms with van der Waals surface area (Å²) in [6.07, 6.45) is 0.787. The maximum absolute atomic E-state index is 12.9. The van der Waals surface area contributed by atoms with E-state index in [1.54, 1.807) is 0 Å². The lowest BCUT2D eigenvalue weighted by Gasteiger charge is -2.32. The molecule has 0 unspecified atom stereocenters. The van der Waals surface area contributed by atoms with Gasteiger partial charge >= 0.3 is 0 Å². The maximum Gasteiger partial charge on any atom is 0.242 e. The van der Waals surface area contributed by atoms with Crippen LogP contribution < -0.4 is 0 Å². The standard InChI is InChI=1S/C16H24FN3O3S/c1-18-10-12-20(13-11-18)16(21)4-3-9-19(2)24(22,23)15-7-5-14(17)6-8-15/h5-8H,3-4,9-13H2,1-2H3. The fourth-order valence-corrected chi connectivity index (χ4v) is 3.78. The van der Waals surface area contributed by atoms with E-state index in [0.29, 0.717) is 12.8 Å². The number of rotatable bonds is 6. The van der Waals surface area contributed by atoms with Gasteiger partial charge in [-0.2, -0.15) is 0 Å². The zero-order valence-corrected chi connectivity index (χ0v) is 14.9. The maximum atomic E-state index is 12.9. The Kier molecular flexibility index (Phi) is 6.31. The zero-order valence-electron chi connectivity index (χ0n) is 14.1. The normalized spacial score (nSPS) is 16.6. The molecule has 1 aliphatic rings. The molecular formula is C16H24FN3O3S. The minimum absolute atomic E-state index is 0.0526. The van der Waals surface area contributed by atoms with Crippen LogP contribution in [-0.4, -0.2) is 75.2 Å². The number of carbonyl (C=O) groups is 1. The molecule has 1 aromatic rings. The number of piperazine rings is 1. The summed E-state index contributed by atoms with van der Waals surface area (Å²) in [6, 6.07) is 4.74. The van der Waals surface area contributed by atoms with Crippen molar-refractivity contribution in [2.45, 2.75) is 17.7 Å². The second kappa shape index (κ2) is 8.04. The van der Waals surface area contributed by atoms with E-state index in [9.17, 15) is 17.6 Å². The first-order valence-corrected chi connectivity index (χ1v) is 9.43. The third-order valence-corrected chi connectivity index (χ3v) is 6.11. The average molecular weight is 357 g/mol. The monoisotopic (exact) mass is 357 g/mol. The van der Waals surface area contributed by atoms with Gasteiger partial charge in [0.05, 0.1) is 4.90 Å². The van der Waals surface area contributed by atoms with Crippen LogP contribution in [0.4, 0.5) is 4.39 Å². The van der Waals surface area contributed by atoms with Gasteiger partial charge in [0.15, 0.2) is 0 Å². The van der Waals surface area contributed by atoms with Gasteiger partial charge in [0.2, 0.25) is 15.9 Å². The van der Waals surface area contributed by atoms with Crippen molar-refractivity contribution in [2.24, 2.45) is 0 Å². The Morgan fingerprint density at radius 2 is 1.75 bits per heavy atom. The topological polar surface area (TPSA) is 60.9 Å². The third-order valence-electron chi connectivity index (χ3n) is 4.24. The first kappa shape index (κ1) is 18.8. The van der Waals surface area contributed by atoms with Crippen molar-refractivity contribution < 1.29 is 17.6 Å². The molecule has 0 N–H and O–H groups in total. The van der Waals surface area contributed by atoms with Crippen molar-refractivity contribution in [3.05, 3.63) is 30.1 Å². The van der Waals surface area contributed by atoms with Gasteiger partial charge in [-0.25, -0.2) is 17.1 Å². The highest BCUT2D eigenvalue weighted by atomic mass is 32.2. The summed E-state index contributed by atoms with van der Waals surface area (Å²) in [7, 11) is -0.155. The SMILES string of the molecule is CN1CCN(C(=O)CCCN(C)S(=O)(=O)c2ccc(F)cc2)CC1. The van der Waals surface area contributed by atoms with Crippen LogP contribution in [-0.2, 0) is 14.8 Å². The molecule has 1 saturated heterocycles. The molecule has 1 aromatic carbocycles. The van der Waals surface area contributed by atoms with Gasteiger partial charge in [0, 0.05) is 46.2 Å². The van der Waals surface area contributed by atoms with E-state index >= 15 is 0 Å². The number of halogens is 1. The van der Waals surface area contributed by atoms with E-state index in [1.807, 2.05) is 11.9 Å². The second-order valence-electron chi connectivity index (χ2n) is 6.07. The molecule has 134 valence electrons. The van der Waals surface area contributed by atoms with Crippen molar-refractivity contribution in [3.8, 4) is 0 Å². The van der Waals surface area contributed by atoms with Gasteiger partial charge in [0.25, 0.3) is 0 Å². The number of sulfonamides is 1. The van der Waals surface area contributed by atoms with Gasteiger partial charge < -0.3 is 9.80 Å². The van der Waals surface area contributed by atoms with Crippen molar-refractivity contribution in [3.63, 3.8) is 0 Å². The van der Waals surface area contributed by atoms with Crippen LogP contribution in [0.15, 0.2) is 29.2 Å². The Morgan fingerprint density at radius 1 is 1.17 bits per heavy atom. The summed E-state index contributed by atoms with van der Waals surface area (Å²) in [5, 5.41) is 0. The Hall–Kier alpha value is -1.51. The van der Waals surface area contributed by atoms with Crippen molar-refractivity contribution in [1.29, 1.82) is 0 Å². The average Bonchev–Trinajstić information content (AvgIpc) is 2.55. The van der Waals surface area contributed by atoms with Crippen LogP contribution in [0, 0.1) is 5.82 Å². The van der Waals surface area contributed by atoms with Crippen LogP contribution in [0.1, 0.15) is 12.8 Å². The molecule has 0 atom stereocenters. The van der Waals surface area contributed by atoms with Crippen molar-refractivity contribution in [2.75, 3.05) is 46.8 Å². The van der Waals surface area contributed by atoms with Crippen LogP contribution in [0.25, 0.3) is 0 Å². The van der Waals surface area contributed by atoms with E-state index in [2.05, 4.69) is 4.90 Å². The van der Waals surface area contributed by atoms with Crippen LogP contribution in [0.5, 0.6) is 0 Å². The first-order valence-electron chi connectivity index (χ1n) is 7.99. The van der Waals surface area contributed by atoms with Gasteiger partial charge in [-0.3, -0.25) is 4.79 Å². The zero-order chi connectivity index (χ0) is 17.7. The van der Waals surface area contributed by atoms with Crippen LogP contribution >= 0.6 is 0 Å². The Balaban J connectivity index is 1.83. The smallest absolute Gasteiger partial charge is 0.242 e. The van der Waals surface area contributed by atoms with Crippen molar-refractivity contribution >= 4 is 15.9 Å². The summed E-state index contributed by atoms with van der Waals surface area (Å²) < 4.78 is 38.8. The van der Waals surface area contributed by atoms with Crippen LogP contribution in [0.3, 0.4) is 0 Å². The Morgan fingerprint density at radius 3 is 2.33 bits per heavy atom. The molecule has 0 aromatic heterocycles.